The summed E-state index contributed by atoms with van der Waals surface area (Å²) in [7, 11) is 0. The smallest absolute Gasteiger partial charge is 0.00157 e. The van der Waals surface area contributed by atoms with Crippen LogP contribution in [0.5, 0.6) is 0 Å². The summed E-state index contributed by atoms with van der Waals surface area (Å²) in [4.78, 5) is 0. The maximum atomic E-state index is 2.36. The molecule has 3 rings (SSSR count). The van der Waals surface area contributed by atoms with Gasteiger partial charge in [0, 0.05) is 11.8 Å². The highest BCUT2D eigenvalue weighted by Gasteiger charge is 2.38. The van der Waals surface area contributed by atoms with E-state index >= 15 is 0 Å². The van der Waals surface area contributed by atoms with E-state index in [1.165, 1.54) is 0 Å². The molecule has 0 heterocycles. The minimum Gasteiger partial charge on any atom is -0.0833 e. The summed E-state index contributed by atoms with van der Waals surface area (Å²) >= 11 is 0. The molecule has 0 radical (unpaired) electrons. The van der Waals surface area contributed by atoms with Gasteiger partial charge in [0.25, 0.3) is 0 Å². The van der Waals surface area contributed by atoms with Crippen LogP contribution in [0.25, 0.3) is 0 Å². The molecule has 0 aromatic rings. The third kappa shape index (κ3) is 0.406. The molecule has 50 valence electrons. The molecule has 0 aromatic carbocycles. The summed E-state index contributed by atoms with van der Waals surface area (Å²) in [5.41, 5.74) is 0. The average molecular weight is 130 g/mol. The van der Waals surface area contributed by atoms with Crippen LogP contribution in [0, 0.1) is 23.7 Å². The van der Waals surface area contributed by atoms with Crippen molar-refractivity contribution in [1.82, 2.24) is 0 Å². The van der Waals surface area contributed by atoms with Crippen LogP contribution < -0.4 is 0 Å². The zero-order valence-electron chi connectivity index (χ0n) is 5.77. The average Bonchev–Trinajstić information content (AvgIpc) is 1.84. The van der Waals surface area contributed by atoms with Crippen LogP contribution in [0.4, 0.5) is 0 Å². The fraction of sp³-hybridized carbons (Fsp3) is 0.400. The minimum atomic E-state index is 0.784. The van der Waals surface area contributed by atoms with E-state index in [9.17, 15) is 0 Å². The van der Waals surface area contributed by atoms with Crippen molar-refractivity contribution >= 4 is 0 Å². The monoisotopic (exact) mass is 130 g/mol. The first-order valence-corrected chi connectivity index (χ1v) is 4.00. The lowest BCUT2D eigenvalue weighted by Crippen LogP contribution is -2.35. The molecule has 0 unspecified atom stereocenters. The topological polar surface area (TPSA) is 0 Å². The molecule has 0 nitrogen and oxygen atoms in total. The number of hydrogen-bond acceptors (Lipinski definition) is 0. The molecule has 0 spiro atoms. The summed E-state index contributed by atoms with van der Waals surface area (Å²) in [5.74, 6) is 3.29. The third-order valence-electron chi connectivity index (χ3n) is 3.00. The van der Waals surface area contributed by atoms with Crippen molar-refractivity contribution in [1.29, 1.82) is 0 Å². The van der Waals surface area contributed by atoms with Gasteiger partial charge in [-0.15, -0.1) is 0 Å². The first-order valence-electron chi connectivity index (χ1n) is 4.00. The van der Waals surface area contributed by atoms with Crippen molar-refractivity contribution in [2.24, 2.45) is 23.7 Å². The van der Waals surface area contributed by atoms with Crippen molar-refractivity contribution in [2.75, 3.05) is 0 Å². The zero-order chi connectivity index (χ0) is 6.55. The highest BCUT2D eigenvalue weighted by atomic mass is 14.4. The van der Waals surface area contributed by atoms with Crippen molar-refractivity contribution in [3.8, 4) is 0 Å². The Bertz CT molecular complexity index is 219. The molecule has 0 N–H and O–H groups in total. The van der Waals surface area contributed by atoms with Gasteiger partial charge in [0.2, 0.25) is 0 Å². The Morgan fingerprint density at radius 1 is 0.500 bits per heavy atom. The van der Waals surface area contributed by atoms with Gasteiger partial charge in [0.15, 0.2) is 0 Å². The van der Waals surface area contributed by atoms with Crippen LogP contribution in [0.15, 0.2) is 36.5 Å². The lowest BCUT2D eigenvalue weighted by Gasteiger charge is -2.43. The van der Waals surface area contributed by atoms with Gasteiger partial charge in [-0.1, -0.05) is 36.5 Å². The second kappa shape index (κ2) is 1.45. The Kier molecular flexibility index (Phi) is 0.715. The summed E-state index contributed by atoms with van der Waals surface area (Å²) in [6.07, 6.45) is 14.0. The van der Waals surface area contributed by atoms with Gasteiger partial charge < -0.3 is 0 Å². The predicted octanol–water partition coefficient (Wildman–Crippen LogP) is 2.16. The number of fused-ring (bicyclic) bond motifs is 3. The summed E-state index contributed by atoms with van der Waals surface area (Å²) in [6, 6.07) is 0. The third-order valence-corrected chi connectivity index (χ3v) is 3.00. The van der Waals surface area contributed by atoms with Gasteiger partial charge in [-0.05, 0) is 11.8 Å². The molecule has 0 saturated heterocycles. The van der Waals surface area contributed by atoms with Gasteiger partial charge in [-0.25, -0.2) is 0 Å². The van der Waals surface area contributed by atoms with Gasteiger partial charge in [0.1, 0.15) is 0 Å². The quantitative estimate of drug-likeness (QED) is 0.441. The Morgan fingerprint density at radius 3 is 1.20 bits per heavy atom. The molecule has 3 aliphatic rings. The van der Waals surface area contributed by atoms with Gasteiger partial charge in [0.05, 0.1) is 0 Å². The summed E-state index contributed by atoms with van der Waals surface area (Å²) in [5, 5.41) is 0. The number of rotatable bonds is 0. The van der Waals surface area contributed by atoms with Crippen LogP contribution in [0.3, 0.4) is 0 Å². The zero-order valence-corrected chi connectivity index (χ0v) is 5.77. The molecule has 0 amide bonds. The van der Waals surface area contributed by atoms with E-state index in [-0.39, 0.29) is 0 Å². The molecule has 0 bridgehead atoms. The van der Waals surface area contributed by atoms with Crippen molar-refractivity contribution in [3.05, 3.63) is 36.5 Å². The van der Waals surface area contributed by atoms with E-state index in [0.717, 1.165) is 23.7 Å². The summed E-state index contributed by atoms with van der Waals surface area (Å²) < 4.78 is 0. The number of hydrogen-bond donors (Lipinski definition) is 0. The Hall–Kier alpha value is -0.780. The van der Waals surface area contributed by atoms with E-state index in [2.05, 4.69) is 36.5 Å². The van der Waals surface area contributed by atoms with Crippen molar-refractivity contribution in [2.45, 2.75) is 0 Å². The molecule has 10 heavy (non-hydrogen) atoms. The first kappa shape index (κ1) is 4.95. The molecule has 0 aliphatic heterocycles. The largest absolute Gasteiger partial charge is 0.0833 e. The molecular formula is C10H10. The fourth-order valence-electron chi connectivity index (χ4n) is 2.15. The lowest BCUT2D eigenvalue weighted by atomic mass is 9.61. The highest BCUT2D eigenvalue weighted by molar-refractivity contribution is 5.32. The van der Waals surface area contributed by atoms with Crippen LogP contribution in [0.2, 0.25) is 0 Å². The maximum Gasteiger partial charge on any atom is 0.00157 e. The molecule has 0 heteroatoms. The Labute approximate surface area is 60.9 Å². The van der Waals surface area contributed by atoms with E-state index in [0.29, 0.717) is 0 Å². The number of allylic oxidation sites excluding steroid dienone is 6. The molecule has 0 aromatic heterocycles. The lowest BCUT2D eigenvalue weighted by molar-refractivity contribution is 0.296. The highest BCUT2D eigenvalue weighted by Crippen LogP contribution is 2.46. The Balaban J connectivity index is 2.03. The molecule has 3 aliphatic carbocycles. The second-order valence-electron chi connectivity index (χ2n) is 3.46. The normalized spacial score (nSPS) is 52.8. The second-order valence-corrected chi connectivity index (χ2v) is 3.46. The molecule has 0 atom stereocenters. The first-order chi connectivity index (χ1) is 4.95. The van der Waals surface area contributed by atoms with E-state index in [1.807, 2.05) is 0 Å². The van der Waals surface area contributed by atoms with Crippen LogP contribution in [0.1, 0.15) is 0 Å². The predicted molar refractivity (Wildman–Crippen MR) is 41.4 cm³/mol. The summed E-state index contributed by atoms with van der Waals surface area (Å²) in [6.45, 7) is 0. The van der Waals surface area contributed by atoms with Crippen LogP contribution in [-0.2, 0) is 0 Å². The van der Waals surface area contributed by atoms with Gasteiger partial charge >= 0.3 is 0 Å². The van der Waals surface area contributed by atoms with Gasteiger partial charge in [-0.2, -0.15) is 0 Å². The van der Waals surface area contributed by atoms with Crippen molar-refractivity contribution < 1.29 is 0 Å². The van der Waals surface area contributed by atoms with E-state index < -0.39 is 0 Å². The van der Waals surface area contributed by atoms with Crippen molar-refractivity contribution in [3.63, 3.8) is 0 Å². The molecular weight excluding hydrogens is 120 g/mol. The standard InChI is InChI=1S/C10H10/c1-2-8-4-6-10(8)9-5-3-7(1)9/h1-10H. The molecule has 0 fully saturated rings. The SMILES string of the molecule is C1=CC2C=CC2C2C=CC12. The fourth-order valence-corrected chi connectivity index (χ4v) is 2.15. The van der Waals surface area contributed by atoms with E-state index in [1.54, 1.807) is 0 Å². The minimum absolute atomic E-state index is 0.784. The van der Waals surface area contributed by atoms with Crippen LogP contribution >= 0.6 is 0 Å². The van der Waals surface area contributed by atoms with Crippen LogP contribution in [-0.4, -0.2) is 0 Å². The van der Waals surface area contributed by atoms with E-state index in [4.69, 9.17) is 0 Å². The molecule has 0 saturated carbocycles. The maximum absolute atomic E-state index is 2.36. The Morgan fingerprint density at radius 2 is 0.900 bits per heavy atom. The van der Waals surface area contributed by atoms with Gasteiger partial charge in [-0.3, -0.25) is 0 Å².